The number of aryl methyl sites for hydroxylation is 1. The second kappa shape index (κ2) is 6.96. The number of hydrogen-bond donors (Lipinski definition) is 1. The molecule has 1 amide bonds. The molecule has 0 atom stereocenters. The Labute approximate surface area is 160 Å². The van der Waals surface area contributed by atoms with Gasteiger partial charge < -0.3 is 14.8 Å². The lowest BCUT2D eigenvalue weighted by molar-refractivity contribution is -0.286. The maximum atomic E-state index is 13.2. The van der Waals surface area contributed by atoms with Crippen molar-refractivity contribution in [1.82, 2.24) is 0 Å². The molecule has 0 fully saturated rings. The fraction of sp³-hybridized carbons (Fsp3) is 0.136. The minimum atomic E-state index is -3.69. The number of benzene rings is 3. The van der Waals surface area contributed by atoms with E-state index in [0.29, 0.717) is 11.3 Å². The Balaban J connectivity index is 1.60. The summed E-state index contributed by atoms with van der Waals surface area (Å²) in [5.41, 5.74) is 3.74. The third-order valence-electron chi connectivity index (χ3n) is 4.50. The summed E-state index contributed by atoms with van der Waals surface area (Å²) >= 11 is 0. The molecule has 0 unspecified atom stereocenters. The molecule has 1 aliphatic rings. The largest absolute Gasteiger partial charge is 0.586 e. The van der Waals surface area contributed by atoms with Crippen molar-refractivity contribution in [2.75, 3.05) is 5.32 Å². The summed E-state index contributed by atoms with van der Waals surface area (Å²) < 4.78 is 35.1. The number of rotatable bonds is 4. The Bertz CT molecular complexity index is 1030. The van der Waals surface area contributed by atoms with E-state index in [9.17, 15) is 13.6 Å². The minimum Gasteiger partial charge on any atom is -0.395 e. The maximum absolute atomic E-state index is 13.2. The van der Waals surface area contributed by atoms with Crippen LogP contribution in [0.1, 0.15) is 22.8 Å². The molecule has 3 aromatic carbocycles. The van der Waals surface area contributed by atoms with Gasteiger partial charge in [0.15, 0.2) is 11.5 Å². The zero-order valence-electron chi connectivity index (χ0n) is 15.0. The number of anilines is 1. The van der Waals surface area contributed by atoms with Crippen LogP contribution >= 0.6 is 0 Å². The summed E-state index contributed by atoms with van der Waals surface area (Å²) in [5, 5.41) is 2.73. The average Bonchev–Trinajstić information content (AvgIpc) is 3.01. The van der Waals surface area contributed by atoms with E-state index in [4.69, 9.17) is 0 Å². The summed E-state index contributed by atoms with van der Waals surface area (Å²) in [5.74, 6) is -0.536. The summed E-state index contributed by atoms with van der Waals surface area (Å²) in [6.45, 7) is 2.08. The molecule has 1 aliphatic heterocycles. The van der Waals surface area contributed by atoms with Gasteiger partial charge >= 0.3 is 6.29 Å². The number of carbonyl (C=O) groups excluding carboxylic acids is 1. The van der Waals surface area contributed by atoms with Crippen molar-refractivity contribution in [3.8, 4) is 22.6 Å². The Morgan fingerprint density at radius 2 is 1.68 bits per heavy atom. The normalized spacial score (nSPS) is 14.0. The van der Waals surface area contributed by atoms with Gasteiger partial charge in [0.2, 0.25) is 0 Å². The highest BCUT2D eigenvalue weighted by Crippen LogP contribution is 2.42. The quantitative estimate of drug-likeness (QED) is 0.650. The van der Waals surface area contributed by atoms with E-state index in [-0.39, 0.29) is 17.4 Å². The molecule has 1 heterocycles. The van der Waals surface area contributed by atoms with Gasteiger partial charge in [-0.3, -0.25) is 4.79 Å². The summed E-state index contributed by atoms with van der Waals surface area (Å²) in [4.78, 5) is 12.8. The van der Waals surface area contributed by atoms with Crippen molar-refractivity contribution in [3.05, 3.63) is 77.9 Å². The van der Waals surface area contributed by atoms with Crippen molar-refractivity contribution >= 4 is 11.6 Å². The monoisotopic (exact) mass is 381 g/mol. The van der Waals surface area contributed by atoms with Crippen LogP contribution < -0.4 is 14.8 Å². The van der Waals surface area contributed by atoms with Crippen molar-refractivity contribution in [2.45, 2.75) is 19.6 Å². The molecule has 28 heavy (non-hydrogen) atoms. The first-order valence-corrected chi connectivity index (χ1v) is 8.85. The van der Waals surface area contributed by atoms with Gasteiger partial charge in [0.05, 0.1) is 0 Å². The number of nitrogens with one attached hydrogen (secondary N) is 1. The Morgan fingerprint density at radius 3 is 2.43 bits per heavy atom. The Morgan fingerprint density at radius 1 is 0.964 bits per heavy atom. The molecule has 142 valence electrons. The van der Waals surface area contributed by atoms with Gasteiger partial charge in [-0.05, 0) is 41.3 Å². The lowest BCUT2D eigenvalue weighted by atomic mass is 9.98. The molecule has 0 saturated carbocycles. The van der Waals surface area contributed by atoms with Gasteiger partial charge in [0.1, 0.15) is 0 Å². The second-order valence-electron chi connectivity index (χ2n) is 6.38. The molecule has 4 nitrogen and oxygen atoms in total. The second-order valence-corrected chi connectivity index (χ2v) is 6.38. The Kier molecular flexibility index (Phi) is 4.47. The average molecular weight is 381 g/mol. The van der Waals surface area contributed by atoms with Crippen LogP contribution in [0.5, 0.6) is 11.5 Å². The van der Waals surface area contributed by atoms with E-state index >= 15 is 0 Å². The molecule has 1 N–H and O–H groups in total. The number of alkyl halides is 2. The van der Waals surface area contributed by atoms with Crippen molar-refractivity contribution in [2.24, 2.45) is 0 Å². The van der Waals surface area contributed by atoms with Crippen molar-refractivity contribution < 1.29 is 23.0 Å². The summed E-state index contributed by atoms with van der Waals surface area (Å²) in [6, 6.07) is 19.4. The van der Waals surface area contributed by atoms with E-state index in [1.54, 1.807) is 12.1 Å². The van der Waals surface area contributed by atoms with Crippen LogP contribution in [-0.4, -0.2) is 12.2 Å². The van der Waals surface area contributed by atoms with E-state index in [0.717, 1.165) is 17.5 Å². The molecule has 6 heteroatoms. The third kappa shape index (κ3) is 3.53. The zero-order chi connectivity index (χ0) is 19.7. The molecule has 0 aliphatic carbocycles. The van der Waals surface area contributed by atoms with Crippen molar-refractivity contribution in [3.63, 3.8) is 0 Å². The van der Waals surface area contributed by atoms with Gasteiger partial charge in [0, 0.05) is 17.3 Å². The molecule has 0 bridgehead atoms. The van der Waals surface area contributed by atoms with Gasteiger partial charge in [-0.2, -0.15) is 0 Å². The predicted octanol–water partition coefficient (Wildman–Crippen LogP) is 5.49. The lowest BCUT2D eigenvalue weighted by Gasteiger charge is -2.11. The minimum absolute atomic E-state index is 0.0700. The Hall–Kier alpha value is -3.41. The first kappa shape index (κ1) is 18.0. The number of amides is 1. The molecule has 0 spiro atoms. The van der Waals surface area contributed by atoms with E-state index in [1.165, 1.54) is 23.8 Å². The van der Waals surface area contributed by atoms with Crippen LogP contribution in [0.3, 0.4) is 0 Å². The van der Waals surface area contributed by atoms with Crippen LogP contribution in [-0.2, 0) is 6.42 Å². The van der Waals surface area contributed by atoms with Gasteiger partial charge in [-0.15, -0.1) is 8.78 Å². The van der Waals surface area contributed by atoms with Crippen molar-refractivity contribution in [1.29, 1.82) is 0 Å². The highest BCUT2D eigenvalue weighted by Gasteiger charge is 2.43. The number of halogens is 2. The molecule has 0 aromatic heterocycles. The van der Waals surface area contributed by atoms with Gasteiger partial charge in [-0.25, -0.2) is 0 Å². The van der Waals surface area contributed by atoms with Crippen LogP contribution in [0.4, 0.5) is 14.5 Å². The zero-order valence-corrected chi connectivity index (χ0v) is 15.0. The molecule has 0 saturated heterocycles. The fourth-order valence-electron chi connectivity index (χ4n) is 3.08. The van der Waals surface area contributed by atoms with Gasteiger partial charge in [0.25, 0.3) is 5.91 Å². The van der Waals surface area contributed by atoms with Crippen LogP contribution in [0, 0.1) is 0 Å². The standard InChI is InChI=1S/C22H17F2NO3/c1-2-14-7-9-15(10-8-14)17-5-3-4-6-18(17)21(26)25-16-11-12-19-20(13-16)28-22(23,24)27-19/h3-13H,2H2,1H3,(H,25,26). The third-order valence-corrected chi connectivity index (χ3v) is 4.50. The summed E-state index contributed by atoms with van der Waals surface area (Å²) in [7, 11) is 0. The topological polar surface area (TPSA) is 47.6 Å². The number of hydrogen-bond acceptors (Lipinski definition) is 3. The molecule has 3 aromatic rings. The fourth-order valence-corrected chi connectivity index (χ4v) is 3.08. The van der Waals surface area contributed by atoms with Crippen LogP contribution in [0.25, 0.3) is 11.1 Å². The first-order chi connectivity index (χ1) is 13.4. The van der Waals surface area contributed by atoms with E-state index in [2.05, 4.69) is 21.7 Å². The lowest BCUT2D eigenvalue weighted by Crippen LogP contribution is -2.25. The molecule has 0 radical (unpaired) electrons. The number of fused-ring (bicyclic) bond motifs is 1. The van der Waals surface area contributed by atoms with Crippen LogP contribution in [0.15, 0.2) is 66.7 Å². The first-order valence-electron chi connectivity index (χ1n) is 8.85. The maximum Gasteiger partial charge on any atom is 0.586 e. The number of carbonyl (C=O) groups is 1. The predicted molar refractivity (Wildman–Crippen MR) is 102 cm³/mol. The van der Waals surface area contributed by atoms with E-state index in [1.807, 2.05) is 36.4 Å². The number of ether oxygens (including phenoxy) is 2. The molecular weight excluding hydrogens is 364 g/mol. The smallest absolute Gasteiger partial charge is 0.395 e. The molecular formula is C22H17F2NO3. The SMILES string of the molecule is CCc1ccc(-c2ccccc2C(=O)Nc2ccc3c(c2)OC(F)(F)O3)cc1. The van der Waals surface area contributed by atoms with Gasteiger partial charge in [-0.1, -0.05) is 49.4 Å². The van der Waals surface area contributed by atoms with Crippen LogP contribution in [0.2, 0.25) is 0 Å². The molecule has 4 rings (SSSR count). The highest BCUT2D eigenvalue weighted by molar-refractivity contribution is 6.08. The highest BCUT2D eigenvalue weighted by atomic mass is 19.3. The summed E-state index contributed by atoms with van der Waals surface area (Å²) in [6.07, 6.45) is -2.76. The van der Waals surface area contributed by atoms with E-state index < -0.39 is 6.29 Å².